The van der Waals surface area contributed by atoms with E-state index in [9.17, 15) is 0 Å². The van der Waals surface area contributed by atoms with Crippen molar-refractivity contribution in [1.82, 2.24) is 0 Å². The van der Waals surface area contributed by atoms with Crippen LogP contribution in [-0.4, -0.2) is 6.21 Å². The summed E-state index contributed by atoms with van der Waals surface area (Å²) >= 11 is 0. The van der Waals surface area contributed by atoms with Crippen molar-refractivity contribution in [3.05, 3.63) is 23.5 Å². The van der Waals surface area contributed by atoms with Crippen LogP contribution in [0.4, 0.5) is 0 Å². The summed E-state index contributed by atoms with van der Waals surface area (Å²) in [5.41, 5.74) is 7.87. The van der Waals surface area contributed by atoms with Crippen LogP contribution in [0.1, 0.15) is 34.6 Å². The van der Waals surface area contributed by atoms with E-state index >= 15 is 0 Å². The van der Waals surface area contributed by atoms with E-state index in [-0.39, 0.29) is 0 Å². The predicted molar refractivity (Wildman–Crippen MR) is 57.2 cm³/mol. The van der Waals surface area contributed by atoms with E-state index in [1.807, 2.05) is 34.6 Å². The number of hydrogen-bond acceptors (Lipinski definition) is 2. The smallest absolute Gasteiger partial charge is 0.0835 e. The van der Waals surface area contributed by atoms with Gasteiger partial charge in [-0.1, -0.05) is 20.4 Å². The first-order chi connectivity index (χ1) is 5.59. The molecule has 0 bridgehead atoms. The van der Waals surface area contributed by atoms with E-state index in [0.717, 1.165) is 11.3 Å². The summed E-state index contributed by atoms with van der Waals surface area (Å²) in [5.74, 6) is 0. The Balaban J connectivity index is 0. The third-order valence-corrected chi connectivity index (χ3v) is 1.04. The quantitative estimate of drug-likeness (QED) is 0.499. The summed E-state index contributed by atoms with van der Waals surface area (Å²) in [7, 11) is 0. The highest BCUT2D eigenvalue weighted by Crippen LogP contribution is 2.08. The minimum Gasteiger partial charge on any atom is -0.397 e. The Morgan fingerprint density at radius 1 is 1.33 bits per heavy atom. The fourth-order valence-corrected chi connectivity index (χ4v) is 0.662. The molecule has 0 fully saturated rings. The topological polar surface area (TPSA) is 38.4 Å². The van der Waals surface area contributed by atoms with E-state index < -0.39 is 0 Å². The van der Waals surface area contributed by atoms with E-state index in [1.54, 1.807) is 6.21 Å². The van der Waals surface area contributed by atoms with Crippen LogP contribution in [0.2, 0.25) is 0 Å². The summed E-state index contributed by atoms with van der Waals surface area (Å²) in [6, 6.07) is 0. The average Bonchev–Trinajstić information content (AvgIpc) is 2.03. The Kier molecular flexibility index (Phi) is 9.08. The van der Waals surface area contributed by atoms with Crippen molar-refractivity contribution in [2.75, 3.05) is 0 Å². The summed E-state index contributed by atoms with van der Waals surface area (Å²) in [6.45, 7) is 13.4. The Morgan fingerprint density at radius 2 is 1.75 bits per heavy atom. The number of rotatable bonds is 2. The lowest BCUT2D eigenvalue weighted by Gasteiger charge is -2.01. The molecule has 0 amide bonds. The van der Waals surface area contributed by atoms with Gasteiger partial charge in [-0.2, -0.15) is 0 Å². The number of nitrogens with two attached hydrogens (primary N) is 1. The first kappa shape index (κ1) is 13.5. The molecule has 2 heteroatoms. The highest BCUT2D eigenvalue weighted by molar-refractivity contribution is 5.57. The van der Waals surface area contributed by atoms with Crippen LogP contribution in [-0.2, 0) is 0 Å². The number of hydrogen-bond donors (Lipinski definition) is 1. The van der Waals surface area contributed by atoms with Crippen LogP contribution in [0.5, 0.6) is 0 Å². The van der Waals surface area contributed by atoms with Crippen molar-refractivity contribution in [2.45, 2.75) is 34.6 Å². The minimum absolute atomic E-state index is 0.526. The van der Waals surface area contributed by atoms with Gasteiger partial charge in [-0.25, -0.2) is 0 Å². The molecule has 0 saturated heterocycles. The first-order valence-electron chi connectivity index (χ1n) is 4.20. The van der Waals surface area contributed by atoms with E-state index in [1.165, 1.54) is 0 Å². The van der Waals surface area contributed by atoms with Gasteiger partial charge >= 0.3 is 0 Å². The van der Waals surface area contributed by atoms with Crippen LogP contribution in [0.15, 0.2) is 28.5 Å². The fraction of sp³-hybridized carbons (Fsp3) is 0.500. The maximum absolute atomic E-state index is 5.46. The van der Waals surface area contributed by atoms with Gasteiger partial charge in [0.15, 0.2) is 0 Å². The molecule has 0 aromatic rings. The zero-order valence-electron chi connectivity index (χ0n) is 8.81. The first-order valence-corrected chi connectivity index (χ1v) is 4.20. The number of allylic oxidation sites excluding steroid dienone is 1. The molecule has 0 aliphatic heterocycles. The zero-order valence-corrected chi connectivity index (χ0v) is 8.81. The molecule has 0 heterocycles. The molecule has 12 heavy (non-hydrogen) atoms. The third kappa shape index (κ3) is 5.71. The van der Waals surface area contributed by atoms with Gasteiger partial charge in [0.1, 0.15) is 0 Å². The Bertz CT molecular complexity index is 184. The maximum Gasteiger partial charge on any atom is 0.0835 e. The number of aliphatic imine (C=N–C) groups is 1. The highest BCUT2D eigenvalue weighted by Gasteiger charge is 1.95. The van der Waals surface area contributed by atoms with Crippen LogP contribution in [0, 0.1) is 0 Å². The van der Waals surface area contributed by atoms with Crippen molar-refractivity contribution < 1.29 is 0 Å². The van der Waals surface area contributed by atoms with Crippen molar-refractivity contribution in [3.8, 4) is 0 Å². The van der Waals surface area contributed by atoms with Gasteiger partial charge in [-0.05, 0) is 26.3 Å². The molecule has 70 valence electrons. The second kappa shape index (κ2) is 8.05. The molecule has 2 N–H and O–H groups in total. The molecule has 0 aromatic heterocycles. The van der Waals surface area contributed by atoms with Crippen LogP contribution in [0.25, 0.3) is 0 Å². The predicted octanol–water partition coefficient (Wildman–Crippen LogP) is 2.87. The van der Waals surface area contributed by atoms with Crippen molar-refractivity contribution in [1.29, 1.82) is 0 Å². The van der Waals surface area contributed by atoms with Gasteiger partial charge in [0, 0.05) is 6.21 Å². The van der Waals surface area contributed by atoms with Crippen molar-refractivity contribution in [3.63, 3.8) is 0 Å². The van der Waals surface area contributed by atoms with E-state index in [0.29, 0.717) is 5.70 Å². The van der Waals surface area contributed by atoms with E-state index in [4.69, 9.17) is 5.73 Å². The van der Waals surface area contributed by atoms with Gasteiger partial charge in [0.05, 0.1) is 11.4 Å². The summed E-state index contributed by atoms with van der Waals surface area (Å²) in [5, 5.41) is 0. The van der Waals surface area contributed by atoms with E-state index in [2.05, 4.69) is 11.6 Å². The molecular formula is C10H20N2. The van der Waals surface area contributed by atoms with Crippen LogP contribution in [0.3, 0.4) is 0 Å². The molecule has 0 saturated carbocycles. The maximum atomic E-state index is 5.46. The molecule has 0 radical (unpaired) electrons. The van der Waals surface area contributed by atoms with Gasteiger partial charge < -0.3 is 5.73 Å². The molecule has 0 spiro atoms. The summed E-state index contributed by atoms with van der Waals surface area (Å²) < 4.78 is 0. The fourth-order valence-electron chi connectivity index (χ4n) is 0.662. The molecule has 0 unspecified atom stereocenters. The molecular weight excluding hydrogens is 148 g/mol. The normalized spacial score (nSPS) is 8.75. The van der Waals surface area contributed by atoms with Gasteiger partial charge in [-0.3, -0.25) is 4.99 Å². The largest absolute Gasteiger partial charge is 0.397 e. The Labute approximate surface area is 75.9 Å². The lowest BCUT2D eigenvalue weighted by molar-refractivity contribution is 1.17. The summed E-state index contributed by atoms with van der Waals surface area (Å²) in [6.07, 6.45) is 1.71. The van der Waals surface area contributed by atoms with Crippen molar-refractivity contribution >= 4 is 6.21 Å². The molecule has 0 aliphatic rings. The Hall–Kier alpha value is -1.05. The van der Waals surface area contributed by atoms with Crippen molar-refractivity contribution in [2.24, 2.45) is 10.7 Å². The molecule has 0 rings (SSSR count). The third-order valence-electron chi connectivity index (χ3n) is 1.04. The average molecular weight is 168 g/mol. The second-order valence-corrected chi connectivity index (χ2v) is 2.26. The van der Waals surface area contributed by atoms with Gasteiger partial charge in [-0.15, -0.1) is 0 Å². The zero-order chi connectivity index (χ0) is 10.1. The second-order valence-electron chi connectivity index (χ2n) is 2.26. The molecule has 2 nitrogen and oxygen atoms in total. The highest BCUT2D eigenvalue weighted by atomic mass is 14.8. The van der Waals surface area contributed by atoms with Gasteiger partial charge in [0.25, 0.3) is 0 Å². The summed E-state index contributed by atoms with van der Waals surface area (Å²) in [4.78, 5) is 4.05. The lowest BCUT2D eigenvalue weighted by Crippen LogP contribution is -1.98. The van der Waals surface area contributed by atoms with Crippen LogP contribution < -0.4 is 5.73 Å². The van der Waals surface area contributed by atoms with Gasteiger partial charge in [0.2, 0.25) is 0 Å². The molecule has 0 atom stereocenters. The SMILES string of the molecule is C=C(N)C(N=CC)=C(C)C.CC. The lowest BCUT2D eigenvalue weighted by atomic mass is 10.2. The Morgan fingerprint density at radius 3 is 1.83 bits per heavy atom. The molecule has 0 aromatic carbocycles. The standard InChI is InChI=1S/C8H14N2.C2H6/c1-5-10-8(6(2)3)7(4)9;1-2/h5H,4,9H2,1-3H3;1-2H3. The monoisotopic (exact) mass is 168 g/mol. The minimum atomic E-state index is 0.526. The van der Waals surface area contributed by atoms with Crippen LogP contribution >= 0.6 is 0 Å². The number of nitrogens with zero attached hydrogens (tertiary/aromatic N) is 1. The molecule has 0 aliphatic carbocycles.